The van der Waals surface area contributed by atoms with Gasteiger partial charge in [0.05, 0.1) is 0 Å². The maximum absolute atomic E-state index is 6.00. The highest BCUT2D eigenvalue weighted by molar-refractivity contribution is 5.43. The molecule has 4 saturated heterocycles. The molecule has 0 spiro atoms. The van der Waals surface area contributed by atoms with Crippen LogP contribution in [0.5, 0.6) is 0 Å². The van der Waals surface area contributed by atoms with Crippen LogP contribution in [0, 0.1) is 0 Å². The van der Waals surface area contributed by atoms with E-state index in [0.717, 1.165) is 12.8 Å². The van der Waals surface area contributed by atoms with Gasteiger partial charge in [-0.05, 0) is 12.2 Å². The monoisotopic (exact) mass is 258 g/mol. The molecule has 6 aliphatic rings. The second kappa shape index (κ2) is 2.33. The first-order valence-electron chi connectivity index (χ1n) is 6.48. The molecule has 0 amide bonds. The molecule has 0 N–H and O–H groups in total. The molecule has 0 atom stereocenters. The second-order valence-corrected chi connectivity index (χ2v) is 5.58. The molecule has 6 rings (SSSR count). The van der Waals surface area contributed by atoms with Crippen molar-refractivity contribution < 1.29 is 23.7 Å². The summed E-state index contributed by atoms with van der Waals surface area (Å²) in [6, 6.07) is 0. The van der Waals surface area contributed by atoms with E-state index in [2.05, 4.69) is 0 Å². The zero-order valence-electron chi connectivity index (χ0n) is 9.92. The van der Waals surface area contributed by atoms with Gasteiger partial charge in [0.1, 0.15) is 0 Å². The van der Waals surface area contributed by atoms with Crippen LogP contribution < -0.4 is 0 Å². The number of ether oxygens (including phenoxy) is 5. The Balaban J connectivity index is 1.36. The van der Waals surface area contributed by atoms with Gasteiger partial charge >= 0.3 is 0 Å². The average molecular weight is 258 g/mol. The molecule has 19 heavy (non-hydrogen) atoms. The normalized spacial score (nSPS) is 57.3. The molecule has 0 aromatic heterocycles. The highest BCUT2D eigenvalue weighted by Gasteiger charge is 2.96. The van der Waals surface area contributed by atoms with E-state index in [9.17, 15) is 0 Å². The number of allylic oxidation sites excluding steroid dienone is 4. The van der Waals surface area contributed by atoms with Crippen LogP contribution in [-0.2, 0) is 23.7 Å². The molecule has 0 radical (unpaired) electrons. The Kier molecular flexibility index (Phi) is 1.17. The van der Waals surface area contributed by atoms with Gasteiger partial charge in [-0.15, -0.1) is 0 Å². The average Bonchev–Trinajstić information content (AvgIpc) is 3.12. The van der Waals surface area contributed by atoms with Crippen LogP contribution in [0.4, 0.5) is 0 Å². The second-order valence-electron chi connectivity index (χ2n) is 5.58. The van der Waals surface area contributed by atoms with Crippen LogP contribution in [0.3, 0.4) is 0 Å². The van der Waals surface area contributed by atoms with Gasteiger partial charge in [-0.2, -0.15) is 0 Å². The molecule has 0 bridgehead atoms. The lowest BCUT2D eigenvalue weighted by molar-refractivity contribution is -0.110. The highest BCUT2D eigenvalue weighted by Crippen LogP contribution is 2.76. The molecule has 0 unspecified atom stereocenters. The van der Waals surface area contributed by atoms with E-state index in [-0.39, 0.29) is 0 Å². The van der Waals surface area contributed by atoms with Crippen molar-refractivity contribution in [3.8, 4) is 0 Å². The fourth-order valence-electron chi connectivity index (χ4n) is 3.15. The standard InChI is InChI=1S/C14H10O5/c1-3-7-11-13(16-11,17-11)9(5-1)15-10-6-2-4-8-12-14(10,18-12)19-12/h1-6H,7-8H2. The fraction of sp³-hybridized carbons (Fsp3) is 0.429. The molecule has 4 heterocycles. The van der Waals surface area contributed by atoms with Crippen molar-refractivity contribution in [3.05, 3.63) is 48.0 Å². The van der Waals surface area contributed by atoms with Gasteiger partial charge in [0.25, 0.3) is 11.6 Å². The zero-order valence-corrected chi connectivity index (χ0v) is 9.92. The Morgan fingerprint density at radius 2 is 1.26 bits per heavy atom. The third-order valence-electron chi connectivity index (χ3n) is 4.48. The van der Waals surface area contributed by atoms with Crippen molar-refractivity contribution in [2.45, 2.75) is 36.0 Å². The quantitative estimate of drug-likeness (QED) is 0.704. The lowest BCUT2D eigenvalue weighted by Crippen LogP contribution is -2.13. The van der Waals surface area contributed by atoms with Gasteiger partial charge in [-0.25, -0.2) is 0 Å². The minimum absolute atomic E-state index is 0.462. The van der Waals surface area contributed by atoms with E-state index in [1.807, 2.05) is 36.5 Å². The molecule has 2 aliphatic carbocycles. The molecule has 5 nitrogen and oxygen atoms in total. The molecule has 0 aromatic rings. The predicted molar refractivity (Wildman–Crippen MR) is 60.0 cm³/mol. The van der Waals surface area contributed by atoms with E-state index in [1.165, 1.54) is 0 Å². The Bertz CT molecular complexity index is 585. The Morgan fingerprint density at radius 1 is 0.789 bits per heavy atom. The number of rotatable bonds is 2. The van der Waals surface area contributed by atoms with Crippen LogP contribution >= 0.6 is 0 Å². The van der Waals surface area contributed by atoms with Gasteiger partial charge in [0.15, 0.2) is 11.5 Å². The molecule has 5 heteroatoms. The summed E-state index contributed by atoms with van der Waals surface area (Å²) >= 11 is 0. The summed E-state index contributed by atoms with van der Waals surface area (Å²) < 4.78 is 28.4. The molecule has 96 valence electrons. The van der Waals surface area contributed by atoms with Crippen molar-refractivity contribution in [3.63, 3.8) is 0 Å². The molecule has 0 saturated carbocycles. The number of hydrogen-bond donors (Lipinski definition) is 0. The third-order valence-corrected chi connectivity index (χ3v) is 4.48. The van der Waals surface area contributed by atoms with Crippen molar-refractivity contribution in [2.75, 3.05) is 0 Å². The van der Waals surface area contributed by atoms with Gasteiger partial charge in [0, 0.05) is 12.8 Å². The summed E-state index contributed by atoms with van der Waals surface area (Å²) in [6.45, 7) is 0. The topological polar surface area (TPSA) is 59.4 Å². The Hall–Kier alpha value is -1.40. The van der Waals surface area contributed by atoms with Gasteiger partial charge < -0.3 is 4.74 Å². The van der Waals surface area contributed by atoms with Crippen LogP contribution in [0.25, 0.3) is 0 Å². The molecular formula is C14H10O5. The smallest absolute Gasteiger partial charge is 0.290 e. The van der Waals surface area contributed by atoms with Gasteiger partial charge in [0.2, 0.25) is 11.6 Å². The minimum atomic E-state index is -0.656. The maximum atomic E-state index is 6.00. The van der Waals surface area contributed by atoms with E-state index in [1.54, 1.807) is 0 Å². The molecule has 4 fully saturated rings. The summed E-state index contributed by atoms with van der Waals surface area (Å²) in [5.74, 6) is -0.880. The van der Waals surface area contributed by atoms with Gasteiger partial charge in [-0.3, -0.25) is 18.9 Å². The minimum Gasteiger partial charge on any atom is -0.454 e. The Morgan fingerprint density at radius 3 is 1.74 bits per heavy atom. The van der Waals surface area contributed by atoms with Gasteiger partial charge in [-0.1, -0.05) is 24.3 Å². The summed E-state index contributed by atoms with van der Waals surface area (Å²) in [5.41, 5.74) is 0. The van der Waals surface area contributed by atoms with Crippen LogP contribution in [-0.4, -0.2) is 23.1 Å². The maximum Gasteiger partial charge on any atom is 0.290 e. The third kappa shape index (κ3) is 0.848. The number of epoxide rings is 4. The van der Waals surface area contributed by atoms with Crippen LogP contribution in [0.15, 0.2) is 48.0 Å². The summed E-state index contributed by atoms with van der Waals surface area (Å²) in [6.07, 6.45) is 13.3. The highest BCUT2D eigenvalue weighted by atomic mass is 17.1. The SMILES string of the molecule is C1=CCC23OC2(O3)C(OC2=CC=CCC34OC23O4)=C1. The van der Waals surface area contributed by atoms with E-state index >= 15 is 0 Å². The first-order chi connectivity index (χ1) is 9.25. The first kappa shape index (κ1) is 9.50. The van der Waals surface area contributed by atoms with E-state index in [0.29, 0.717) is 11.5 Å². The largest absolute Gasteiger partial charge is 0.454 e. The van der Waals surface area contributed by atoms with Crippen molar-refractivity contribution in [1.29, 1.82) is 0 Å². The van der Waals surface area contributed by atoms with Crippen molar-refractivity contribution in [1.82, 2.24) is 0 Å². The van der Waals surface area contributed by atoms with Crippen LogP contribution in [0.2, 0.25) is 0 Å². The molecule has 0 aromatic carbocycles. The predicted octanol–water partition coefficient (Wildman–Crippen LogP) is 1.60. The fourth-order valence-corrected chi connectivity index (χ4v) is 3.15. The summed E-state index contributed by atoms with van der Waals surface area (Å²) in [5, 5.41) is 0. The van der Waals surface area contributed by atoms with Crippen molar-refractivity contribution in [2.24, 2.45) is 0 Å². The summed E-state index contributed by atoms with van der Waals surface area (Å²) in [7, 11) is 0. The Labute approximate surface area is 108 Å². The van der Waals surface area contributed by atoms with E-state index < -0.39 is 23.1 Å². The lowest BCUT2D eigenvalue weighted by atomic mass is 10.2. The zero-order chi connectivity index (χ0) is 12.3. The lowest BCUT2D eigenvalue weighted by Gasteiger charge is -2.13. The number of hydrogen-bond acceptors (Lipinski definition) is 5. The molecule has 4 aliphatic heterocycles. The van der Waals surface area contributed by atoms with E-state index in [4.69, 9.17) is 23.7 Å². The first-order valence-corrected chi connectivity index (χ1v) is 6.48. The van der Waals surface area contributed by atoms with Crippen molar-refractivity contribution >= 4 is 0 Å². The van der Waals surface area contributed by atoms with Crippen LogP contribution in [0.1, 0.15) is 12.8 Å². The molecular weight excluding hydrogens is 248 g/mol. The summed E-state index contributed by atoms with van der Waals surface area (Å²) in [4.78, 5) is 0.